The summed E-state index contributed by atoms with van der Waals surface area (Å²) in [5, 5.41) is 4.57. The lowest BCUT2D eigenvalue weighted by Crippen LogP contribution is -2.40. The molecule has 0 radical (unpaired) electrons. The number of likely N-dealkylation sites (tertiary alicyclic amines) is 1. The fourth-order valence-corrected chi connectivity index (χ4v) is 3.56. The number of aryl methyl sites for hydroxylation is 1. The molecule has 8 nitrogen and oxygen atoms in total. The summed E-state index contributed by atoms with van der Waals surface area (Å²) in [4.78, 5) is 31.4. The predicted molar refractivity (Wildman–Crippen MR) is 99.5 cm³/mol. The van der Waals surface area contributed by atoms with E-state index in [0.717, 1.165) is 0 Å². The van der Waals surface area contributed by atoms with Crippen LogP contribution >= 0.6 is 0 Å². The first-order valence-corrected chi connectivity index (χ1v) is 9.35. The molecule has 4 heterocycles. The van der Waals surface area contributed by atoms with Gasteiger partial charge in [0.1, 0.15) is 5.69 Å². The molecule has 0 saturated carbocycles. The molecule has 146 valence electrons. The van der Waals surface area contributed by atoms with Crippen LogP contribution in [0.4, 0.5) is 0 Å². The molecule has 0 spiro atoms. The fourth-order valence-electron chi connectivity index (χ4n) is 3.56. The Hall–Kier alpha value is -3.16. The Morgan fingerprint density at radius 1 is 1.32 bits per heavy atom. The normalized spacial score (nSPS) is 15.1. The molecule has 1 fully saturated rings. The van der Waals surface area contributed by atoms with Gasteiger partial charge in [0, 0.05) is 13.1 Å². The smallest absolute Gasteiger partial charge is 0.309 e. The number of ether oxygens (including phenoxy) is 1. The molecule has 0 N–H and O–H groups in total. The van der Waals surface area contributed by atoms with Crippen molar-refractivity contribution >= 4 is 23.0 Å². The molecule has 0 aromatic carbocycles. The van der Waals surface area contributed by atoms with E-state index < -0.39 is 0 Å². The zero-order valence-electron chi connectivity index (χ0n) is 15.8. The first-order chi connectivity index (χ1) is 13.6. The number of esters is 1. The van der Waals surface area contributed by atoms with Gasteiger partial charge in [-0.3, -0.25) is 9.59 Å². The molecule has 0 aliphatic carbocycles. The number of piperidine rings is 1. The fraction of sp³-hybridized carbons (Fsp3) is 0.400. The zero-order valence-corrected chi connectivity index (χ0v) is 15.8. The standard InChI is InChI=1S/C20H21N3O5/c1-3-26-20(25)13-6-8-23(9-7-13)19(24)14-11-15(16-5-4-10-27-16)21-18-17(14)12(2)22-28-18/h4-5,10-11,13H,3,6-9H2,1-2H3. The van der Waals surface area contributed by atoms with Gasteiger partial charge in [0.2, 0.25) is 0 Å². The maximum Gasteiger partial charge on any atom is 0.309 e. The first kappa shape index (κ1) is 18.2. The monoisotopic (exact) mass is 383 g/mol. The van der Waals surface area contributed by atoms with E-state index in [4.69, 9.17) is 13.7 Å². The Kier molecular flexibility index (Phi) is 4.85. The molecule has 0 atom stereocenters. The topological polar surface area (TPSA) is 98.7 Å². The van der Waals surface area contributed by atoms with Crippen molar-refractivity contribution in [2.45, 2.75) is 26.7 Å². The van der Waals surface area contributed by atoms with E-state index in [-0.39, 0.29) is 17.8 Å². The number of pyridine rings is 1. The molecule has 0 unspecified atom stereocenters. The highest BCUT2D eigenvalue weighted by atomic mass is 16.5. The van der Waals surface area contributed by atoms with Crippen LogP contribution in [-0.4, -0.2) is 46.6 Å². The Labute approximate surface area is 161 Å². The van der Waals surface area contributed by atoms with E-state index in [9.17, 15) is 9.59 Å². The number of carbonyl (C=O) groups is 2. The van der Waals surface area contributed by atoms with Crippen molar-refractivity contribution in [3.8, 4) is 11.5 Å². The van der Waals surface area contributed by atoms with Crippen molar-refractivity contribution in [1.82, 2.24) is 15.0 Å². The number of hydrogen-bond acceptors (Lipinski definition) is 7. The minimum atomic E-state index is -0.184. The van der Waals surface area contributed by atoms with Gasteiger partial charge in [-0.2, -0.15) is 0 Å². The summed E-state index contributed by atoms with van der Waals surface area (Å²) < 4.78 is 15.8. The molecule has 1 saturated heterocycles. The summed E-state index contributed by atoms with van der Waals surface area (Å²) in [6.45, 7) is 4.93. The third-order valence-corrected chi connectivity index (χ3v) is 5.02. The molecule has 0 bridgehead atoms. The molecule has 1 aliphatic rings. The molecular weight excluding hydrogens is 362 g/mol. The van der Waals surface area contributed by atoms with Crippen molar-refractivity contribution in [3.63, 3.8) is 0 Å². The molecular formula is C20H21N3O5. The summed E-state index contributed by atoms with van der Waals surface area (Å²) in [5.41, 5.74) is 1.90. The number of rotatable bonds is 4. The summed E-state index contributed by atoms with van der Waals surface area (Å²) >= 11 is 0. The first-order valence-electron chi connectivity index (χ1n) is 9.35. The van der Waals surface area contributed by atoms with Crippen LogP contribution < -0.4 is 0 Å². The maximum absolute atomic E-state index is 13.3. The summed E-state index contributed by atoms with van der Waals surface area (Å²) in [7, 11) is 0. The Bertz CT molecular complexity index is 1000. The molecule has 3 aromatic heterocycles. The third kappa shape index (κ3) is 3.26. The number of nitrogens with zero attached hydrogens (tertiary/aromatic N) is 3. The van der Waals surface area contributed by atoms with Crippen molar-refractivity contribution < 1.29 is 23.3 Å². The van der Waals surface area contributed by atoms with Crippen molar-refractivity contribution in [2.75, 3.05) is 19.7 Å². The SMILES string of the molecule is CCOC(=O)C1CCN(C(=O)c2cc(-c3ccco3)nc3onc(C)c23)CC1. The Morgan fingerprint density at radius 3 is 2.79 bits per heavy atom. The van der Waals surface area contributed by atoms with Gasteiger partial charge in [-0.05, 0) is 44.9 Å². The second kappa shape index (κ2) is 7.46. The van der Waals surface area contributed by atoms with Gasteiger partial charge in [0.15, 0.2) is 5.76 Å². The minimum absolute atomic E-state index is 0.131. The van der Waals surface area contributed by atoms with Crippen LogP contribution in [0, 0.1) is 12.8 Å². The number of aromatic nitrogens is 2. The quantitative estimate of drug-likeness (QED) is 0.638. The largest absolute Gasteiger partial charge is 0.466 e. The van der Waals surface area contributed by atoms with Crippen LogP contribution in [0.3, 0.4) is 0 Å². The van der Waals surface area contributed by atoms with E-state index in [1.165, 1.54) is 0 Å². The zero-order chi connectivity index (χ0) is 19.7. The summed E-state index contributed by atoms with van der Waals surface area (Å²) in [6, 6.07) is 5.25. The van der Waals surface area contributed by atoms with Crippen molar-refractivity contribution in [1.29, 1.82) is 0 Å². The summed E-state index contributed by atoms with van der Waals surface area (Å²) in [6.07, 6.45) is 2.73. The highest BCUT2D eigenvalue weighted by Gasteiger charge is 2.30. The Balaban J connectivity index is 1.62. The molecule has 28 heavy (non-hydrogen) atoms. The van der Waals surface area contributed by atoms with Crippen molar-refractivity contribution in [2.24, 2.45) is 5.92 Å². The van der Waals surface area contributed by atoms with Crippen LogP contribution in [-0.2, 0) is 9.53 Å². The van der Waals surface area contributed by atoms with Gasteiger partial charge in [-0.25, -0.2) is 4.98 Å². The van der Waals surface area contributed by atoms with Crippen LogP contribution in [0.5, 0.6) is 0 Å². The van der Waals surface area contributed by atoms with E-state index in [2.05, 4.69) is 10.1 Å². The third-order valence-electron chi connectivity index (χ3n) is 5.02. The minimum Gasteiger partial charge on any atom is -0.466 e. The molecule has 1 aliphatic heterocycles. The van der Waals surface area contributed by atoms with E-state index in [0.29, 0.717) is 66.3 Å². The van der Waals surface area contributed by atoms with Crippen LogP contribution in [0.15, 0.2) is 33.4 Å². The average molecular weight is 383 g/mol. The highest BCUT2D eigenvalue weighted by Crippen LogP contribution is 2.29. The van der Waals surface area contributed by atoms with Crippen molar-refractivity contribution in [3.05, 3.63) is 35.7 Å². The lowest BCUT2D eigenvalue weighted by molar-refractivity contribution is -0.149. The van der Waals surface area contributed by atoms with Gasteiger partial charge in [-0.15, -0.1) is 0 Å². The van der Waals surface area contributed by atoms with Gasteiger partial charge >= 0.3 is 5.97 Å². The van der Waals surface area contributed by atoms with E-state index in [1.54, 1.807) is 43.2 Å². The van der Waals surface area contributed by atoms with Crippen LogP contribution in [0.1, 0.15) is 35.8 Å². The van der Waals surface area contributed by atoms with E-state index >= 15 is 0 Å². The Morgan fingerprint density at radius 2 is 2.11 bits per heavy atom. The van der Waals surface area contributed by atoms with Gasteiger partial charge in [-0.1, -0.05) is 5.16 Å². The maximum atomic E-state index is 13.3. The second-order valence-electron chi connectivity index (χ2n) is 6.80. The molecule has 8 heteroatoms. The van der Waals surface area contributed by atoms with E-state index in [1.807, 2.05) is 0 Å². The number of amides is 1. The number of furan rings is 1. The van der Waals surface area contributed by atoms with Gasteiger partial charge in [0.05, 0.1) is 35.4 Å². The number of hydrogen-bond donors (Lipinski definition) is 0. The molecule has 4 rings (SSSR count). The molecule has 1 amide bonds. The number of fused-ring (bicyclic) bond motifs is 1. The highest BCUT2D eigenvalue weighted by molar-refractivity contribution is 6.07. The van der Waals surface area contributed by atoms with Gasteiger partial charge < -0.3 is 18.6 Å². The molecule has 3 aromatic rings. The number of carbonyl (C=O) groups excluding carboxylic acids is 2. The second-order valence-corrected chi connectivity index (χ2v) is 6.80. The lowest BCUT2D eigenvalue weighted by Gasteiger charge is -2.31. The van der Waals surface area contributed by atoms with Gasteiger partial charge in [0.25, 0.3) is 11.6 Å². The summed E-state index contributed by atoms with van der Waals surface area (Å²) in [5.74, 6) is 0.0770. The van der Waals surface area contributed by atoms with Crippen LogP contribution in [0.25, 0.3) is 22.6 Å². The van der Waals surface area contributed by atoms with Crippen LogP contribution in [0.2, 0.25) is 0 Å². The lowest BCUT2D eigenvalue weighted by atomic mass is 9.96. The predicted octanol–water partition coefficient (Wildman–Crippen LogP) is 3.21. The average Bonchev–Trinajstić information content (AvgIpc) is 3.37.